The molecule has 9 heteroatoms. The summed E-state index contributed by atoms with van der Waals surface area (Å²) in [5, 5.41) is 3.02. The lowest BCUT2D eigenvalue weighted by molar-refractivity contribution is -0.122. The van der Waals surface area contributed by atoms with Crippen molar-refractivity contribution in [3.8, 4) is 11.5 Å². The lowest BCUT2D eigenvalue weighted by atomic mass is 10.2. The molecule has 29 heavy (non-hydrogen) atoms. The number of anilines is 1. The summed E-state index contributed by atoms with van der Waals surface area (Å²) in [4.78, 5) is 12.7. The Morgan fingerprint density at radius 2 is 1.97 bits per heavy atom. The van der Waals surface area contributed by atoms with E-state index in [0.29, 0.717) is 18.1 Å². The first-order chi connectivity index (χ1) is 13.7. The third-order valence-electron chi connectivity index (χ3n) is 4.15. The molecule has 0 spiro atoms. The van der Waals surface area contributed by atoms with E-state index in [4.69, 9.17) is 21.1 Å². The number of benzene rings is 2. The molecule has 0 aromatic heterocycles. The lowest BCUT2D eigenvalue weighted by Gasteiger charge is -2.28. The average molecular weight is 441 g/mol. The van der Waals surface area contributed by atoms with Crippen molar-refractivity contribution in [3.05, 3.63) is 53.1 Å². The van der Waals surface area contributed by atoms with Crippen molar-refractivity contribution < 1.29 is 22.7 Å². The van der Waals surface area contributed by atoms with Gasteiger partial charge < -0.3 is 14.8 Å². The summed E-state index contributed by atoms with van der Waals surface area (Å²) in [6.07, 6.45) is 1.04. The molecule has 0 radical (unpaired) electrons. The Morgan fingerprint density at radius 3 is 2.55 bits per heavy atom. The van der Waals surface area contributed by atoms with Crippen molar-refractivity contribution in [2.45, 2.75) is 26.4 Å². The zero-order valence-corrected chi connectivity index (χ0v) is 18.4. The van der Waals surface area contributed by atoms with E-state index < -0.39 is 22.0 Å². The van der Waals surface area contributed by atoms with E-state index in [2.05, 4.69) is 5.32 Å². The van der Waals surface area contributed by atoms with Crippen LogP contribution >= 0.6 is 11.6 Å². The summed E-state index contributed by atoms with van der Waals surface area (Å²) in [6, 6.07) is 10.9. The van der Waals surface area contributed by atoms with Crippen LogP contribution in [0.2, 0.25) is 5.02 Å². The van der Waals surface area contributed by atoms with Crippen LogP contribution in [0.15, 0.2) is 42.5 Å². The largest absolute Gasteiger partial charge is 0.495 e. The summed E-state index contributed by atoms with van der Waals surface area (Å²) >= 11 is 6.13. The van der Waals surface area contributed by atoms with Crippen LogP contribution in [0.4, 0.5) is 5.69 Å². The van der Waals surface area contributed by atoms with Gasteiger partial charge in [0.05, 0.1) is 30.7 Å². The highest BCUT2D eigenvalue weighted by molar-refractivity contribution is 7.92. The Labute approximate surface area is 176 Å². The van der Waals surface area contributed by atoms with Crippen molar-refractivity contribution >= 4 is 33.2 Å². The van der Waals surface area contributed by atoms with Gasteiger partial charge in [0.2, 0.25) is 15.9 Å². The van der Waals surface area contributed by atoms with Crippen LogP contribution in [0.3, 0.4) is 0 Å². The van der Waals surface area contributed by atoms with Crippen LogP contribution in [0.25, 0.3) is 0 Å². The van der Waals surface area contributed by atoms with Crippen LogP contribution in [-0.4, -0.2) is 40.3 Å². The van der Waals surface area contributed by atoms with E-state index in [1.165, 1.54) is 20.1 Å². The van der Waals surface area contributed by atoms with Crippen molar-refractivity contribution in [1.82, 2.24) is 5.32 Å². The molecule has 0 unspecified atom stereocenters. The zero-order chi connectivity index (χ0) is 21.6. The van der Waals surface area contributed by atoms with Crippen LogP contribution in [0.1, 0.15) is 19.4 Å². The fraction of sp³-hybridized carbons (Fsp3) is 0.350. The summed E-state index contributed by atoms with van der Waals surface area (Å²) in [6.45, 7) is 4.19. The maximum atomic E-state index is 12.7. The molecule has 158 valence electrons. The maximum Gasteiger partial charge on any atom is 0.243 e. The standard InChI is InChI=1S/C20H25ClN2O5S/c1-5-28-17-8-6-7-15(11-17)13-22-20(24)14(2)23(29(4,25)26)16-9-10-19(27-3)18(21)12-16/h6-12,14H,5,13H2,1-4H3,(H,22,24)/t14-/m1/s1. The van der Waals surface area contributed by atoms with Gasteiger partial charge in [-0.15, -0.1) is 0 Å². The molecule has 0 aliphatic carbocycles. The van der Waals surface area contributed by atoms with E-state index in [0.717, 1.165) is 16.1 Å². The molecule has 1 atom stereocenters. The number of hydrogen-bond acceptors (Lipinski definition) is 5. The first-order valence-electron chi connectivity index (χ1n) is 8.99. The number of sulfonamides is 1. The fourth-order valence-corrected chi connectivity index (χ4v) is 4.27. The van der Waals surface area contributed by atoms with Gasteiger partial charge in [-0.25, -0.2) is 8.42 Å². The highest BCUT2D eigenvalue weighted by atomic mass is 35.5. The second kappa shape index (κ2) is 9.84. The second-order valence-electron chi connectivity index (χ2n) is 6.35. The highest BCUT2D eigenvalue weighted by Crippen LogP contribution is 2.31. The maximum absolute atomic E-state index is 12.7. The molecule has 0 fully saturated rings. The van der Waals surface area contributed by atoms with Crippen molar-refractivity contribution in [1.29, 1.82) is 0 Å². The van der Waals surface area contributed by atoms with Crippen LogP contribution in [0, 0.1) is 0 Å². The number of carbonyl (C=O) groups is 1. The van der Waals surface area contributed by atoms with E-state index in [1.807, 2.05) is 31.2 Å². The smallest absolute Gasteiger partial charge is 0.243 e. The fourth-order valence-electron chi connectivity index (χ4n) is 2.85. The van der Waals surface area contributed by atoms with Gasteiger partial charge in [0.15, 0.2) is 0 Å². The molecule has 0 saturated carbocycles. The van der Waals surface area contributed by atoms with Gasteiger partial charge in [0.25, 0.3) is 0 Å². The summed E-state index contributed by atoms with van der Waals surface area (Å²) in [5.74, 6) is 0.678. The Balaban J connectivity index is 2.19. The normalized spacial score (nSPS) is 12.2. The van der Waals surface area contributed by atoms with Gasteiger partial charge in [-0.1, -0.05) is 23.7 Å². The third kappa shape index (κ3) is 6.01. The van der Waals surface area contributed by atoms with Crippen LogP contribution in [0.5, 0.6) is 11.5 Å². The van der Waals surface area contributed by atoms with Gasteiger partial charge in [0.1, 0.15) is 17.5 Å². The first kappa shape index (κ1) is 22.8. The monoisotopic (exact) mass is 440 g/mol. The molecule has 2 aromatic carbocycles. The van der Waals surface area contributed by atoms with Gasteiger partial charge in [-0.05, 0) is 49.7 Å². The molecule has 2 rings (SSSR count). The Kier molecular flexibility index (Phi) is 7.75. The van der Waals surface area contributed by atoms with Crippen LogP contribution < -0.4 is 19.1 Å². The minimum absolute atomic E-state index is 0.241. The number of amides is 1. The van der Waals surface area contributed by atoms with E-state index in [-0.39, 0.29) is 17.3 Å². The number of rotatable bonds is 9. The lowest BCUT2D eigenvalue weighted by Crippen LogP contribution is -2.47. The van der Waals surface area contributed by atoms with Crippen molar-refractivity contribution in [2.24, 2.45) is 0 Å². The number of nitrogens with one attached hydrogen (secondary N) is 1. The van der Waals surface area contributed by atoms with E-state index in [9.17, 15) is 13.2 Å². The minimum atomic E-state index is -3.74. The first-order valence-corrected chi connectivity index (χ1v) is 11.2. The number of halogens is 1. The third-order valence-corrected chi connectivity index (χ3v) is 5.69. The number of carbonyl (C=O) groups excluding carboxylic acids is 1. The van der Waals surface area contributed by atoms with E-state index >= 15 is 0 Å². The Bertz CT molecular complexity index is 965. The van der Waals surface area contributed by atoms with E-state index in [1.54, 1.807) is 12.1 Å². The summed E-state index contributed by atoms with van der Waals surface area (Å²) < 4.78 is 36.4. The molecule has 7 nitrogen and oxygen atoms in total. The molecular weight excluding hydrogens is 416 g/mol. The van der Waals surface area contributed by atoms with Gasteiger partial charge in [0, 0.05) is 6.54 Å². The summed E-state index contributed by atoms with van der Waals surface area (Å²) in [5.41, 5.74) is 1.12. The second-order valence-corrected chi connectivity index (χ2v) is 8.62. The Morgan fingerprint density at radius 1 is 1.24 bits per heavy atom. The van der Waals surface area contributed by atoms with Crippen molar-refractivity contribution in [2.75, 3.05) is 24.3 Å². The highest BCUT2D eigenvalue weighted by Gasteiger charge is 2.29. The molecular formula is C20H25ClN2O5S. The molecule has 0 bridgehead atoms. The zero-order valence-electron chi connectivity index (χ0n) is 16.8. The number of ether oxygens (including phenoxy) is 2. The van der Waals surface area contributed by atoms with Crippen LogP contribution in [-0.2, 0) is 21.4 Å². The van der Waals surface area contributed by atoms with Gasteiger partial charge in [-0.3, -0.25) is 9.10 Å². The number of nitrogens with zero attached hydrogens (tertiary/aromatic N) is 1. The van der Waals surface area contributed by atoms with Gasteiger partial charge in [-0.2, -0.15) is 0 Å². The number of methoxy groups -OCH3 is 1. The molecule has 1 N–H and O–H groups in total. The quantitative estimate of drug-likeness (QED) is 0.647. The molecule has 0 heterocycles. The predicted octanol–water partition coefficient (Wildman–Crippen LogP) is 3.22. The molecule has 0 aliphatic heterocycles. The summed E-state index contributed by atoms with van der Waals surface area (Å²) in [7, 11) is -2.28. The van der Waals surface area contributed by atoms with Gasteiger partial charge >= 0.3 is 0 Å². The number of hydrogen-bond donors (Lipinski definition) is 1. The topological polar surface area (TPSA) is 84.9 Å². The van der Waals surface area contributed by atoms with Crippen molar-refractivity contribution in [3.63, 3.8) is 0 Å². The minimum Gasteiger partial charge on any atom is -0.495 e. The average Bonchev–Trinajstić information content (AvgIpc) is 2.66. The Hall–Kier alpha value is -2.45. The molecule has 1 amide bonds. The predicted molar refractivity (Wildman–Crippen MR) is 114 cm³/mol. The SMILES string of the molecule is CCOc1cccc(CNC(=O)[C@@H](C)N(c2ccc(OC)c(Cl)c2)S(C)(=O)=O)c1. The molecule has 0 aliphatic rings. The molecule has 0 saturated heterocycles. The molecule has 2 aromatic rings.